The summed E-state index contributed by atoms with van der Waals surface area (Å²) in [6, 6.07) is 0. The predicted molar refractivity (Wildman–Crippen MR) is 87.6 cm³/mol. The number of hydrogen-bond acceptors (Lipinski definition) is 0. The molecular formula is C20H32. The van der Waals surface area contributed by atoms with E-state index in [0.29, 0.717) is 5.41 Å². The van der Waals surface area contributed by atoms with E-state index in [9.17, 15) is 0 Å². The van der Waals surface area contributed by atoms with E-state index in [0.717, 1.165) is 23.7 Å². The van der Waals surface area contributed by atoms with E-state index < -0.39 is 0 Å². The monoisotopic (exact) mass is 272 g/mol. The highest BCUT2D eigenvalue weighted by atomic mass is 14.5. The maximum Gasteiger partial charge on any atom is -0.0104 e. The van der Waals surface area contributed by atoms with Crippen molar-refractivity contribution in [3.8, 4) is 0 Å². The maximum atomic E-state index is 2.59. The van der Waals surface area contributed by atoms with Gasteiger partial charge in [-0.1, -0.05) is 50.5 Å². The third-order valence-electron chi connectivity index (χ3n) is 6.84. The van der Waals surface area contributed by atoms with Crippen LogP contribution in [0, 0.1) is 29.1 Å². The van der Waals surface area contributed by atoms with Crippen molar-refractivity contribution in [2.24, 2.45) is 29.1 Å². The molecule has 0 aromatic rings. The van der Waals surface area contributed by atoms with E-state index in [1.165, 1.54) is 38.5 Å². The molecule has 0 amide bonds. The summed E-state index contributed by atoms with van der Waals surface area (Å²) in [5.74, 6) is 3.52. The lowest BCUT2D eigenvalue weighted by atomic mass is 9.67. The molecule has 0 aromatic heterocycles. The second-order valence-electron chi connectivity index (χ2n) is 8.40. The van der Waals surface area contributed by atoms with E-state index >= 15 is 0 Å². The molecule has 1 fully saturated rings. The summed E-state index contributed by atoms with van der Waals surface area (Å²) in [6.45, 7) is 12.3. The number of hydrogen-bond donors (Lipinski definition) is 0. The fraction of sp³-hybridized carbons (Fsp3) is 0.800. The van der Waals surface area contributed by atoms with Crippen LogP contribution in [0.2, 0.25) is 0 Å². The lowest BCUT2D eigenvalue weighted by molar-refractivity contribution is 0.218. The highest BCUT2D eigenvalue weighted by molar-refractivity contribution is 5.33. The Kier molecular flexibility index (Phi) is 3.63. The predicted octanol–water partition coefficient (Wildman–Crippen LogP) is 6.14. The minimum atomic E-state index is 0.512. The van der Waals surface area contributed by atoms with Gasteiger partial charge < -0.3 is 0 Å². The van der Waals surface area contributed by atoms with Crippen LogP contribution in [0.4, 0.5) is 0 Å². The van der Waals surface area contributed by atoms with Crippen molar-refractivity contribution in [1.82, 2.24) is 0 Å². The first-order valence-electron chi connectivity index (χ1n) is 8.81. The summed E-state index contributed by atoms with van der Waals surface area (Å²) in [7, 11) is 0. The van der Waals surface area contributed by atoms with Crippen molar-refractivity contribution in [3.05, 3.63) is 22.8 Å². The van der Waals surface area contributed by atoms with Crippen LogP contribution < -0.4 is 0 Å². The van der Waals surface area contributed by atoms with Gasteiger partial charge in [0.15, 0.2) is 0 Å². The lowest BCUT2D eigenvalue weighted by Gasteiger charge is -2.37. The smallest absolute Gasteiger partial charge is 0.0104 e. The summed E-state index contributed by atoms with van der Waals surface area (Å²) >= 11 is 0. The van der Waals surface area contributed by atoms with Gasteiger partial charge in [0.1, 0.15) is 0 Å². The molecule has 0 aromatic carbocycles. The second kappa shape index (κ2) is 5.04. The lowest BCUT2D eigenvalue weighted by Crippen LogP contribution is -2.27. The van der Waals surface area contributed by atoms with Crippen molar-refractivity contribution in [3.63, 3.8) is 0 Å². The van der Waals surface area contributed by atoms with Crippen molar-refractivity contribution in [2.45, 2.75) is 73.1 Å². The molecule has 0 heteroatoms. The molecule has 3 aliphatic rings. The van der Waals surface area contributed by atoms with Gasteiger partial charge in [0, 0.05) is 0 Å². The molecule has 1 saturated carbocycles. The molecule has 0 spiro atoms. The van der Waals surface area contributed by atoms with Gasteiger partial charge in [-0.3, -0.25) is 0 Å². The summed E-state index contributed by atoms with van der Waals surface area (Å²) in [6.07, 6.45) is 11.0. The van der Waals surface area contributed by atoms with Crippen molar-refractivity contribution >= 4 is 0 Å². The van der Waals surface area contributed by atoms with Gasteiger partial charge in [0.2, 0.25) is 0 Å². The first-order valence-corrected chi connectivity index (χ1v) is 8.81. The minimum Gasteiger partial charge on any atom is -0.0812 e. The topological polar surface area (TPSA) is 0 Å². The van der Waals surface area contributed by atoms with E-state index in [1.54, 1.807) is 11.1 Å². The van der Waals surface area contributed by atoms with E-state index in [2.05, 4.69) is 40.7 Å². The Morgan fingerprint density at radius 2 is 2.00 bits per heavy atom. The van der Waals surface area contributed by atoms with Crippen LogP contribution in [0.1, 0.15) is 73.1 Å². The molecule has 0 nitrogen and oxygen atoms in total. The molecular weight excluding hydrogens is 240 g/mol. The van der Waals surface area contributed by atoms with Gasteiger partial charge in [-0.05, 0) is 74.5 Å². The molecule has 0 bridgehead atoms. The van der Waals surface area contributed by atoms with Crippen LogP contribution in [0.3, 0.4) is 0 Å². The quantitative estimate of drug-likeness (QED) is 0.503. The molecule has 20 heavy (non-hydrogen) atoms. The molecule has 112 valence electrons. The van der Waals surface area contributed by atoms with Gasteiger partial charge in [-0.25, -0.2) is 0 Å². The summed E-state index contributed by atoms with van der Waals surface area (Å²) in [4.78, 5) is 0. The number of fused-ring (bicyclic) bond motifs is 2. The van der Waals surface area contributed by atoms with Gasteiger partial charge >= 0.3 is 0 Å². The molecule has 0 radical (unpaired) electrons. The van der Waals surface area contributed by atoms with Gasteiger partial charge in [0.25, 0.3) is 0 Å². The van der Waals surface area contributed by atoms with Crippen molar-refractivity contribution < 1.29 is 0 Å². The standard InChI is InChI=1S/C20H32/c1-13(2)16-10-11-20(5)12-18-15(4)6-8-17(18)14(3)7-9-19(16)20/h7,13,15,17-18H,6,8-12H2,1-5H3. The van der Waals surface area contributed by atoms with Gasteiger partial charge in [-0.2, -0.15) is 0 Å². The third-order valence-corrected chi connectivity index (χ3v) is 6.84. The molecule has 0 saturated heterocycles. The molecule has 3 rings (SSSR count). The summed E-state index contributed by atoms with van der Waals surface area (Å²) < 4.78 is 0. The van der Waals surface area contributed by atoms with Gasteiger partial charge in [0.05, 0.1) is 0 Å². The average molecular weight is 272 g/mol. The molecule has 0 heterocycles. The first kappa shape index (κ1) is 14.4. The first-order chi connectivity index (χ1) is 9.42. The SMILES string of the molecule is CC1=CCC2=C(C(C)C)CCC2(C)CC2C(C)CCC12. The van der Waals surface area contributed by atoms with E-state index in [-0.39, 0.29) is 0 Å². The van der Waals surface area contributed by atoms with Crippen molar-refractivity contribution in [1.29, 1.82) is 0 Å². The summed E-state index contributed by atoms with van der Waals surface area (Å²) in [5, 5.41) is 0. The Hall–Kier alpha value is -0.520. The fourth-order valence-corrected chi connectivity index (χ4v) is 5.45. The van der Waals surface area contributed by atoms with E-state index in [1.807, 2.05) is 5.57 Å². The molecule has 0 N–H and O–H groups in total. The normalized spacial score (nSPS) is 41.3. The Balaban J connectivity index is 2.01. The Morgan fingerprint density at radius 3 is 2.70 bits per heavy atom. The highest BCUT2D eigenvalue weighted by Gasteiger charge is 2.44. The number of rotatable bonds is 1. The zero-order chi connectivity index (χ0) is 14.5. The Bertz CT molecular complexity index is 451. The molecule has 4 atom stereocenters. The third kappa shape index (κ3) is 2.20. The van der Waals surface area contributed by atoms with Crippen LogP contribution in [0.15, 0.2) is 22.8 Å². The fourth-order valence-electron chi connectivity index (χ4n) is 5.45. The van der Waals surface area contributed by atoms with Crippen LogP contribution in [-0.4, -0.2) is 0 Å². The van der Waals surface area contributed by atoms with Crippen LogP contribution in [0.5, 0.6) is 0 Å². The van der Waals surface area contributed by atoms with Crippen molar-refractivity contribution in [2.75, 3.05) is 0 Å². The number of allylic oxidation sites excluding steroid dienone is 4. The zero-order valence-corrected chi connectivity index (χ0v) is 14.1. The largest absolute Gasteiger partial charge is 0.0812 e. The Labute approximate surface area is 125 Å². The maximum absolute atomic E-state index is 2.59. The molecule has 3 aliphatic carbocycles. The minimum absolute atomic E-state index is 0.512. The van der Waals surface area contributed by atoms with Crippen LogP contribution >= 0.6 is 0 Å². The van der Waals surface area contributed by atoms with Crippen LogP contribution in [0.25, 0.3) is 0 Å². The highest BCUT2D eigenvalue weighted by Crippen LogP contribution is 2.56. The zero-order valence-electron chi connectivity index (χ0n) is 14.1. The van der Waals surface area contributed by atoms with E-state index in [4.69, 9.17) is 0 Å². The van der Waals surface area contributed by atoms with Gasteiger partial charge in [-0.15, -0.1) is 0 Å². The molecule has 4 unspecified atom stereocenters. The Morgan fingerprint density at radius 1 is 1.25 bits per heavy atom. The molecule has 0 aliphatic heterocycles. The second-order valence-corrected chi connectivity index (χ2v) is 8.40. The average Bonchev–Trinajstić information content (AvgIpc) is 2.88. The summed E-state index contributed by atoms with van der Waals surface area (Å²) in [5.41, 5.74) is 5.83. The van der Waals surface area contributed by atoms with Crippen LogP contribution in [-0.2, 0) is 0 Å².